The van der Waals surface area contributed by atoms with Crippen molar-refractivity contribution in [3.8, 4) is 0 Å². The fourth-order valence-electron chi connectivity index (χ4n) is 2.42. The lowest BCUT2D eigenvalue weighted by atomic mass is 10.1. The Balaban J connectivity index is 0.00000392. The van der Waals surface area contributed by atoms with Gasteiger partial charge in [0.1, 0.15) is 0 Å². The molecule has 28 heavy (non-hydrogen) atoms. The Kier molecular flexibility index (Phi) is 11.1. The number of carbonyl (C=O) groups is 1. The molecule has 0 saturated carbocycles. The summed E-state index contributed by atoms with van der Waals surface area (Å²) in [5, 5.41) is 10.7. The number of nitrogens with one attached hydrogen (secondary N) is 3. The number of amides is 1. The Hall–Kier alpha value is -1.68. The number of hydrogen-bond donors (Lipinski definition) is 3. The first kappa shape index (κ1) is 24.4. The predicted molar refractivity (Wildman–Crippen MR) is 129 cm³/mol. The molecule has 2 aromatic rings. The molecule has 1 aromatic carbocycles. The molecule has 1 amide bonds. The molecule has 2 rings (SSSR count). The van der Waals surface area contributed by atoms with Crippen molar-refractivity contribution in [2.45, 2.75) is 40.2 Å². The summed E-state index contributed by atoms with van der Waals surface area (Å²) in [5.41, 5.74) is 1.90. The first-order chi connectivity index (χ1) is 13.0. The first-order valence-electron chi connectivity index (χ1n) is 9.27. The zero-order valence-electron chi connectivity index (χ0n) is 16.9. The number of carbonyl (C=O) groups excluding carboxylic acids is 1. The minimum absolute atomic E-state index is 0. The molecule has 6 nitrogen and oxygen atoms in total. The van der Waals surface area contributed by atoms with E-state index in [1.807, 2.05) is 44.3 Å². The van der Waals surface area contributed by atoms with Crippen LogP contribution < -0.4 is 16.0 Å². The van der Waals surface area contributed by atoms with Crippen LogP contribution in [0.5, 0.6) is 0 Å². The third kappa shape index (κ3) is 8.14. The van der Waals surface area contributed by atoms with Crippen molar-refractivity contribution in [3.05, 3.63) is 45.9 Å². The molecule has 1 unspecified atom stereocenters. The topological polar surface area (TPSA) is 78.4 Å². The van der Waals surface area contributed by atoms with Crippen molar-refractivity contribution in [2.75, 3.05) is 18.9 Å². The van der Waals surface area contributed by atoms with Crippen molar-refractivity contribution in [1.29, 1.82) is 0 Å². The number of anilines is 1. The van der Waals surface area contributed by atoms with Gasteiger partial charge in [-0.25, -0.2) is 4.98 Å². The zero-order valence-corrected chi connectivity index (χ0v) is 20.1. The lowest BCUT2D eigenvalue weighted by Gasteiger charge is -2.13. The average molecular weight is 515 g/mol. The van der Waals surface area contributed by atoms with Crippen molar-refractivity contribution in [2.24, 2.45) is 10.9 Å². The fraction of sp³-hybridized carbons (Fsp3) is 0.450. The second-order valence-electron chi connectivity index (χ2n) is 6.47. The summed E-state index contributed by atoms with van der Waals surface area (Å²) in [6, 6.07) is 7.87. The number of thiazole rings is 1. The van der Waals surface area contributed by atoms with Crippen molar-refractivity contribution in [3.63, 3.8) is 0 Å². The van der Waals surface area contributed by atoms with E-state index in [4.69, 9.17) is 0 Å². The number of aliphatic imine (C=N–C) groups is 1. The van der Waals surface area contributed by atoms with Crippen molar-refractivity contribution >= 4 is 52.9 Å². The van der Waals surface area contributed by atoms with Crippen molar-refractivity contribution < 1.29 is 4.79 Å². The Labute approximate surface area is 188 Å². The second-order valence-corrected chi connectivity index (χ2v) is 7.79. The molecule has 0 aliphatic rings. The summed E-state index contributed by atoms with van der Waals surface area (Å²) in [7, 11) is 1.76. The minimum Gasteiger partial charge on any atom is -0.356 e. The standard InChI is InChI=1S/C20H29N5OS.HI/c1-5-14(2)19(26)25-17-8-6-7-16(11-17)13-24-20(21-4)22-10-9-18-23-12-15(3)27-18;/h6-8,11-12,14H,5,9-10,13H2,1-4H3,(H,25,26)(H2,21,22,24);1H. The van der Waals surface area contributed by atoms with Crippen LogP contribution in [0.1, 0.15) is 35.7 Å². The molecular formula is C20H30IN5OS. The molecule has 0 spiro atoms. The van der Waals surface area contributed by atoms with Crippen LogP contribution in [0.2, 0.25) is 0 Å². The molecule has 0 fully saturated rings. The van der Waals surface area contributed by atoms with Crippen LogP contribution >= 0.6 is 35.3 Å². The lowest BCUT2D eigenvalue weighted by Crippen LogP contribution is -2.37. The van der Waals surface area contributed by atoms with E-state index in [0.717, 1.165) is 41.6 Å². The van der Waals surface area contributed by atoms with Gasteiger partial charge in [0.15, 0.2) is 5.96 Å². The SMILES string of the molecule is CCC(C)C(=O)Nc1cccc(CNC(=NC)NCCc2ncc(C)s2)c1.I. The molecular weight excluding hydrogens is 485 g/mol. The monoisotopic (exact) mass is 515 g/mol. The van der Waals surface area contributed by atoms with Crippen LogP contribution in [0.25, 0.3) is 0 Å². The summed E-state index contributed by atoms with van der Waals surface area (Å²) >= 11 is 1.72. The summed E-state index contributed by atoms with van der Waals surface area (Å²) in [5.74, 6) is 0.811. The molecule has 1 aromatic heterocycles. The summed E-state index contributed by atoms with van der Waals surface area (Å²) in [4.78, 5) is 21.9. The lowest BCUT2D eigenvalue weighted by molar-refractivity contribution is -0.119. The minimum atomic E-state index is 0. The molecule has 3 N–H and O–H groups in total. The van der Waals surface area contributed by atoms with Crippen LogP contribution in [0.3, 0.4) is 0 Å². The molecule has 0 saturated heterocycles. The fourth-order valence-corrected chi connectivity index (χ4v) is 3.21. The molecule has 0 radical (unpaired) electrons. The van der Waals surface area contributed by atoms with Gasteiger partial charge in [-0.3, -0.25) is 9.79 Å². The maximum Gasteiger partial charge on any atom is 0.227 e. The van der Waals surface area contributed by atoms with Gasteiger partial charge in [0.25, 0.3) is 0 Å². The van der Waals surface area contributed by atoms with E-state index in [9.17, 15) is 4.79 Å². The number of aromatic nitrogens is 1. The van der Waals surface area contributed by atoms with Gasteiger partial charge >= 0.3 is 0 Å². The van der Waals surface area contributed by atoms with Gasteiger partial charge in [-0.1, -0.05) is 26.0 Å². The highest BCUT2D eigenvalue weighted by atomic mass is 127. The number of halogens is 1. The molecule has 0 aliphatic carbocycles. The van der Waals surface area contributed by atoms with E-state index >= 15 is 0 Å². The molecule has 0 aliphatic heterocycles. The van der Waals surface area contributed by atoms with Gasteiger partial charge in [0, 0.05) is 49.2 Å². The van der Waals surface area contributed by atoms with Gasteiger partial charge in [0.2, 0.25) is 5.91 Å². The highest BCUT2D eigenvalue weighted by Gasteiger charge is 2.10. The smallest absolute Gasteiger partial charge is 0.227 e. The predicted octanol–water partition coefficient (Wildman–Crippen LogP) is 3.96. The number of nitrogens with zero attached hydrogens (tertiary/aromatic N) is 2. The second kappa shape index (κ2) is 12.7. The third-order valence-electron chi connectivity index (χ3n) is 4.24. The Bertz CT molecular complexity index is 777. The highest BCUT2D eigenvalue weighted by molar-refractivity contribution is 14.0. The van der Waals surface area contributed by atoms with Gasteiger partial charge in [-0.2, -0.15) is 0 Å². The zero-order chi connectivity index (χ0) is 19.6. The summed E-state index contributed by atoms with van der Waals surface area (Å²) in [6.07, 6.45) is 3.60. The van der Waals surface area contributed by atoms with E-state index in [-0.39, 0.29) is 35.8 Å². The summed E-state index contributed by atoms with van der Waals surface area (Å²) < 4.78 is 0. The van der Waals surface area contributed by atoms with Crippen LogP contribution in [0.4, 0.5) is 5.69 Å². The van der Waals surface area contributed by atoms with E-state index < -0.39 is 0 Å². The summed E-state index contributed by atoms with van der Waals surface area (Å²) in [6.45, 7) is 7.41. The number of rotatable bonds is 8. The molecule has 1 heterocycles. The highest BCUT2D eigenvalue weighted by Crippen LogP contribution is 2.13. The molecule has 0 bridgehead atoms. The van der Waals surface area contributed by atoms with E-state index in [2.05, 4.69) is 32.9 Å². The Morgan fingerprint density at radius 3 is 2.75 bits per heavy atom. The largest absolute Gasteiger partial charge is 0.356 e. The number of aryl methyl sites for hydroxylation is 1. The van der Waals surface area contributed by atoms with Crippen LogP contribution in [0, 0.1) is 12.8 Å². The normalized spacial score (nSPS) is 12.1. The molecule has 1 atom stereocenters. The van der Waals surface area contributed by atoms with Gasteiger partial charge in [-0.15, -0.1) is 35.3 Å². The van der Waals surface area contributed by atoms with E-state index in [1.54, 1.807) is 18.4 Å². The average Bonchev–Trinajstić information content (AvgIpc) is 3.09. The maximum atomic E-state index is 12.0. The van der Waals surface area contributed by atoms with E-state index in [0.29, 0.717) is 6.54 Å². The van der Waals surface area contributed by atoms with Gasteiger partial charge in [-0.05, 0) is 31.0 Å². The van der Waals surface area contributed by atoms with Gasteiger partial charge in [0.05, 0.1) is 5.01 Å². The van der Waals surface area contributed by atoms with Crippen LogP contribution in [-0.2, 0) is 17.8 Å². The van der Waals surface area contributed by atoms with E-state index in [1.165, 1.54) is 4.88 Å². The number of hydrogen-bond acceptors (Lipinski definition) is 4. The first-order valence-corrected chi connectivity index (χ1v) is 10.1. The molecule has 8 heteroatoms. The van der Waals surface area contributed by atoms with Crippen LogP contribution in [0.15, 0.2) is 35.5 Å². The number of benzene rings is 1. The Morgan fingerprint density at radius 1 is 1.32 bits per heavy atom. The van der Waals surface area contributed by atoms with Crippen LogP contribution in [-0.4, -0.2) is 30.4 Å². The maximum absolute atomic E-state index is 12.0. The quantitative estimate of drug-likeness (QED) is 0.283. The van der Waals surface area contributed by atoms with Crippen molar-refractivity contribution in [1.82, 2.24) is 15.6 Å². The Morgan fingerprint density at radius 2 is 2.11 bits per heavy atom. The van der Waals surface area contributed by atoms with Gasteiger partial charge < -0.3 is 16.0 Å². The number of guanidine groups is 1. The molecule has 154 valence electrons. The third-order valence-corrected chi connectivity index (χ3v) is 5.21.